The average molecular weight is 608 g/mol. The standard InChI is InChI=1S/C29H24F3N7O3S/c1-2-18-5-3-4-6-24(18)39-25(40)16-43-28(39)36-27(41)35-23(15-33)19-7-9-20(10-8-19)26-34-17-38(37-26)21-11-13-22(14-12-21)42-29(30,31)32/h3-14,17,23,25,40H,2,16H2,1H3,(H,35,41). The number of hydrogen-bond donors (Lipinski definition) is 2. The molecule has 0 saturated carbocycles. The molecule has 3 aromatic carbocycles. The number of anilines is 1. The molecule has 1 aromatic heterocycles. The number of carbonyl (C=O) groups excluding carboxylic acids is 1. The fraction of sp³-hybridized carbons (Fsp3) is 0.207. The number of carbonyl (C=O) groups is 1. The number of aryl methyl sites for hydroxylation is 1. The molecule has 0 spiro atoms. The van der Waals surface area contributed by atoms with Gasteiger partial charge in [0.05, 0.1) is 11.8 Å². The number of halogens is 3. The number of thioether (sulfide) groups is 1. The van der Waals surface area contributed by atoms with E-state index in [1.165, 1.54) is 47.0 Å². The largest absolute Gasteiger partial charge is 0.573 e. The van der Waals surface area contributed by atoms with Gasteiger partial charge in [-0.1, -0.05) is 61.2 Å². The number of amidine groups is 1. The number of aliphatic hydroxyl groups is 1. The molecule has 1 aliphatic heterocycles. The topological polar surface area (TPSA) is 129 Å². The van der Waals surface area contributed by atoms with Gasteiger partial charge in [0.1, 0.15) is 24.3 Å². The molecule has 0 radical (unpaired) electrons. The second-order valence-electron chi connectivity index (χ2n) is 9.23. The Balaban J connectivity index is 1.26. The summed E-state index contributed by atoms with van der Waals surface area (Å²) < 4.78 is 42.5. The van der Waals surface area contributed by atoms with Gasteiger partial charge >= 0.3 is 12.4 Å². The van der Waals surface area contributed by atoms with Crippen molar-refractivity contribution in [3.63, 3.8) is 0 Å². The van der Waals surface area contributed by atoms with E-state index >= 15 is 0 Å². The van der Waals surface area contributed by atoms with Crippen LogP contribution in [0.3, 0.4) is 0 Å². The lowest BCUT2D eigenvalue weighted by Gasteiger charge is -2.24. The normalized spacial score (nSPS) is 16.6. The Morgan fingerprint density at radius 2 is 1.91 bits per heavy atom. The van der Waals surface area contributed by atoms with Crippen molar-refractivity contribution in [1.29, 1.82) is 5.26 Å². The number of amides is 2. The first-order chi connectivity index (χ1) is 20.6. The number of para-hydroxylation sites is 1. The van der Waals surface area contributed by atoms with Crippen molar-refractivity contribution in [2.75, 3.05) is 10.7 Å². The summed E-state index contributed by atoms with van der Waals surface area (Å²) in [4.78, 5) is 22.9. The summed E-state index contributed by atoms with van der Waals surface area (Å²) >= 11 is 1.25. The van der Waals surface area contributed by atoms with Gasteiger partial charge in [-0.05, 0) is 47.9 Å². The summed E-state index contributed by atoms with van der Waals surface area (Å²) in [5.74, 6) is 0.335. The number of ether oxygens (including phenoxy) is 1. The molecule has 1 aliphatic rings. The number of rotatable bonds is 7. The van der Waals surface area contributed by atoms with E-state index in [-0.39, 0.29) is 5.75 Å². The highest BCUT2D eigenvalue weighted by Crippen LogP contribution is 2.32. The fourth-order valence-corrected chi connectivity index (χ4v) is 5.35. The van der Waals surface area contributed by atoms with E-state index in [1.54, 1.807) is 29.2 Å². The fourth-order valence-electron chi connectivity index (χ4n) is 4.39. The van der Waals surface area contributed by atoms with Gasteiger partial charge in [0.15, 0.2) is 11.0 Å². The third-order valence-electron chi connectivity index (χ3n) is 6.42. The van der Waals surface area contributed by atoms with E-state index in [0.29, 0.717) is 33.6 Å². The maximum atomic E-state index is 12.8. The van der Waals surface area contributed by atoms with E-state index in [4.69, 9.17) is 0 Å². The maximum Gasteiger partial charge on any atom is 0.573 e. The number of aliphatic imine (C=N–C) groups is 1. The number of nitriles is 1. The molecular formula is C29H24F3N7O3S. The van der Waals surface area contributed by atoms with Crippen LogP contribution in [0.5, 0.6) is 5.75 Å². The van der Waals surface area contributed by atoms with Gasteiger partial charge in [-0.15, -0.1) is 18.3 Å². The zero-order valence-corrected chi connectivity index (χ0v) is 23.4. The van der Waals surface area contributed by atoms with Crippen LogP contribution in [-0.2, 0) is 6.42 Å². The SMILES string of the molecule is CCc1ccccc1N1C(=NC(=O)NC(C#N)c2ccc(-c3ncn(-c4ccc(OC(F)(F)F)cc4)n3)cc2)SCC1O. The Kier molecular flexibility index (Phi) is 8.65. The van der Waals surface area contributed by atoms with E-state index in [0.717, 1.165) is 17.7 Å². The molecule has 1 saturated heterocycles. The van der Waals surface area contributed by atoms with Gasteiger partial charge < -0.3 is 15.2 Å². The van der Waals surface area contributed by atoms with Crippen LogP contribution in [0, 0.1) is 11.3 Å². The quantitative estimate of drug-likeness (QED) is 0.278. The second kappa shape index (κ2) is 12.6. The van der Waals surface area contributed by atoms with Crippen LogP contribution >= 0.6 is 11.8 Å². The number of aliphatic hydroxyl groups excluding tert-OH is 1. The van der Waals surface area contributed by atoms with Gasteiger partial charge in [0.25, 0.3) is 0 Å². The molecule has 2 N–H and O–H groups in total. The molecule has 1 fully saturated rings. The summed E-state index contributed by atoms with van der Waals surface area (Å²) in [6.45, 7) is 2.00. The van der Waals surface area contributed by atoms with Crippen molar-refractivity contribution < 1.29 is 27.8 Å². The van der Waals surface area contributed by atoms with E-state index in [1.807, 2.05) is 31.2 Å². The molecule has 0 aliphatic carbocycles. The Labute approximate surface area is 248 Å². The number of urea groups is 1. The first kappa shape index (κ1) is 29.6. The van der Waals surface area contributed by atoms with Gasteiger partial charge in [-0.25, -0.2) is 14.5 Å². The first-order valence-corrected chi connectivity index (χ1v) is 14.0. The molecule has 2 atom stereocenters. The molecule has 14 heteroatoms. The van der Waals surface area contributed by atoms with Crippen molar-refractivity contribution in [3.05, 3.63) is 90.3 Å². The highest BCUT2D eigenvalue weighted by molar-refractivity contribution is 8.14. The molecule has 43 heavy (non-hydrogen) atoms. The van der Waals surface area contributed by atoms with Gasteiger partial charge in [0.2, 0.25) is 0 Å². The van der Waals surface area contributed by atoms with Crippen LogP contribution in [0.15, 0.2) is 84.1 Å². The van der Waals surface area contributed by atoms with Crippen LogP contribution in [0.4, 0.5) is 23.7 Å². The van der Waals surface area contributed by atoms with Crippen LogP contribution < -0.4 is 15.0 Å². The summed E-state index contributed by atoms with van der Waals surface area (Å²) in [6.07, 6.45) is -3.47. The highest BCUT2D eigenvalue weighted by Gasteiger charge is 2.32. The average Bonchev–Trinajstić information content (AvgIpc) is 3.62. The zero-order valence-electron chi connectivity index (χ0n) is 22.6. The smallest absolute Gasteiger partial charge is 0.406 e. The van der Waals surface area contributed by atoms with Crippen LogP contribution in [-0.4, -0.2) is 49.4 Å². The molecule has 2 heterocycles. The molecular weight excluding hydrogens is 583 g/mol. The van der Waals surface area contributed by atoms with Crippen LogP contribution in [0.1, 0.15) is 24.1 Å². The van der Waals surface area contributed by atoms with Crippen molar-refractivity contribution in [2.45, 2.75) is 32.0 Å². The number of nitrogens with one attached hydrogen (secondary N) is 1. The van der Waals surface area contributed by atoms with E-state index in [9.17, 15) is 28.3 Å². The van der Waals surface area contributed by atoms with E-state index < -0.39 is 24.7 Å². The molecule has 10 nitrogen and oxygen atoms in total. The van der Waals surface area contributed by atoms with Crippen molar-refractivity contribution in [1.82, 2.24) is 20.1 Å². The van der Waals surface area contributed by atoms with Crippen molar-refractivity contribution in [2.24, 2.45) is 4.99 Å². The lowest BCUT2D eigenvalue weighted by atomic mass is 10.1. The predicted octanol–water partition coefficient (Wildman–Crippen LogP) is 5.60. The predicted molar refractivity (Wildman–Crippen MR) is 155 cm³/mol. The van der Waals surface area contributed by atoms with Gasteiger partial charge in [-0.2, -0.15) is 10.3 Å². The van der Waals surface area contributed by atoms with Gasteiger partial charge in [0, 0.05) is 17.0 Å². The number of aromatic nitrogens is 3. The molecule has 4 aromatic rings. The van der Waals surface area contributed by atoms with Crippen molar-refractivity contribution in [3.8, 4) is 28.9 Å². The Bertz CT molecular complexity index is 1670. The number of alkyl halides is 3. The number of nitrogens with zero attached hydrogens (tertiary/aromatic N) is 6. The van der Waals surface area contributed by atoms with Gasteiger partial charge in [-0.3, -0.25) is 4.90 Å². The summed E-state index contributed by atoms with van der Waals surface area (Å²) in [7, 11) is 0. The van der Waals surface area contributed by atoms with E-state index in [2.05, 4.69) is 31.2 Å². The highest BCUT2D eigenvalue weighted by atomic mass is 32.2. The molecule has 2 amide bonds. The third-order valence-corrected chi connectivity index (χ3v) is 7.43. The summed E-state index contributed by atoms with van der Waals surface area (Å²) in [6, 6.07) is 19.8. The maximum absolute atomic E-state index is 12.8. The lowest BCUT2D eigenvalue weighted by Crippen LogP contribution is -2.35. The summed E-state index contributed by atoms with van der Waals surface area (Å²) in [5.41, 5.74) is 3.37. The Hall–Kier alpha value is -4.87. The Morgan fingerprint density at radius 1 is 1.19 bits per heavy atom. The monoisotopic (exact) mass is 607 g/mol. The van der Waals surface area contributed by atoms with Crippen molar-refractivity contribution >= 4 is 28.6 Å². The number of benzene rings is 3. The zero-order chi connectivity index (χ0) is 30.6. The third kappa shape index (κ3) is 6.96. The first-order valence-electron chi connectivity index (χ1n) is 13.0. The minimum absolute atomic E-state index is 0.335. The minimum Gasteiger partial charge on any atom is -0.406 e. The minimum atomic E-state index is -4.78. The second-order valence-corrected chi connectivity index (χ2v) is 10.2. The molecule has 0 bridgehead atoms. The number of hydrogen-bond acceptors (Lipinski definition) is 7. The van der Waals surface area contributed by atoms with Crippen LogP contribution in [0.2, 0.25) is 0 Å². The lowest BCUT2D eigenvalue weighted by molar-refractivity contribution is -0.274. The van der Waals surface area contributed by atoms with Crippen LogP contribution in [0.25, 0.3) is 17.1 Å². The molecule has 2 unspecified atom stereocenters. The summed E-state index contributed by atoms with van der Waals surface area (Å²) in [5, 5.41) is 27.6. The Morgan fingerprint density at radius 3 is 2.58 bits per heavy atom. The molecule has 5 rings (SSSR count). The molecule has 220 valence electrons.